The number of rotatable bonds is 4. The van der Waals surface area contributed by atoms with Crippen molar-refractivity contribution >= 4 is 5.97 Å². The Balaban J connectivity index is 1.98. The summed E-state index contributed by atoms with van der Waals surface area (Å²) in [7, 11) is 0. The van der Waals surface area contributed by atoms with Crippen LogP contribution in [0.5, 0.6) is 5.75 Å². The van der Waals surface area contributed by atoms with Gasteiger partial charge in [0.1, 0.15) is 5.75 Å². The minimum Gasteiger partial charge on any atom is -0.423 e. The summed E-state index contributed by atoms with van der Waals surface area (Å²) in [5.74, 6) is -0.392. The molecule has 0 aliphatic rings. The molecule has 2 rings (SSSR count). The Hall–Kier alpha value is -2.85. The molecule has 0 bridgehead atoms. The van der Waals surface area contributed by atoms with E-state index < -0.39 is 18.9 Å². The van der Waals surface area contributed by atoms with Crippen LogP contribution in [0, 0.1) is 11.3 Å². The van der Waals surface area contributed by atoms with Crippen LogP contribution in [-0.4, -0.2) is 12.3 Å². The molecule has 0 aromatic heterocycles. The maximum Gasteiger partial charge on any atom is 0.522 e. The third-order valence-electron chi connectivity index (χ3n) is 2.79. The molecule has 4 nitrogen and oxygen atoms in total. The third-order valence-corrected chi connectivity index (χ3v) is 2.79. The highest BCUT2D eigenvalue weighted by atomic mass is 19.4. The van der Waals surface area contributed by atoms with E-state index in [2.05, 4.69) is 4.74 Å². The van der Waals surface area contributed by atoms with Crippen LogP contribution in [0.1, 0.15) is 21.5 Å². The number of halogens is 3. The summed E-state index contributed by atoms with van der Waals surface area (Å²) in [5, 5.41) is 8.67. The Bertz CT molecular complexity index is 716. The number of hydrogen-bond acceptors (Lipinski definition) is 4. The van der Waals surface area contributed by atoms with Crippen molar-refractivity contribution in [3.05, 3.63) is 65.2 Å². The Morgan fingerprint density at radius 3 is 2.17 bits per heavy atom. The van der Waals surface area contributed by atoms with Crippen LogP contribution in [0.15, 0.2) is 48.5 Å². The summed E-state index contributed by atoms with van der Waals surface area (Å²) < 4.78 is 44.6. The molecule has 0 radical (unpaired) electrons. The smallest absolute Gasteiger partial charge is 0.423 e. The van der Waals surface area contributed by atoms with Crippen molar-refractivity contribution in [3.8, 4) is 11.8 Å². The maximum atomic E-state index is 11.9. The molecule has 0 heterocycles. The second-order valence-corrected chi connectivity index (χ2v) is 4.46. The van der Waals surface area contributed by atoms with Crippen molar-refractivity contribution in [3.63, 3.8) is 0 Å². The van der Waals surface area contributed by atoms with Gasteiger partial charge in [-0.1, -0.05) is 12.1 Å². The number of nitrogens with zero attached hydrogens (tertiary/aromatic N) is 1. The summed E-state index contributed by atoms with van der Waals surface area (Å²) in [6, 6.07) is 13.3. The summed E-state index contributed by atoms with van der Waals surface area (Å²) in [6.45, 7) is -0.631. The van der Waals surface area contributed by atoms with Crippen LogP contribution in [0.4, 0.5) is 13.2 Å². The minimum absolute atomic E-state index is 0.185. The molecule has 0 N–H and O–H groups in total. The van der Waals surface area contributed by atoms with E-state index in [1.807, 2.05) is 6.07 Å². The van der Waals surface area contributed by atoms with Crippen molar-refractivity contribution in [2.75, 3.05) is 0 Å². The van der Waals surface area contributed by atoms with E-state index in [-0.39, 0.29) is 16.9 Å². The minimum atomic E-state index is -4.70. The fourth-order valence-corrected chi connectivity index (χ4v) is 1.67. The van der Waals surface area contributed by atoms with E-state index in [1.54, 1.807) is 0 Å². The molecule has 0 fully saturated rings. The molecule has 7 heteroatoms. The zero-order valence-corrected chi connectivity index (χ0v) is 11.6. The SMILES string of the molecule is N#Cc1ccc(OC(=O)c2ccc(COC(F)(F)F)cc2)cc1. The Morgan fingerprint density at radius 1 is 1.04 bits per heavy atom. The molecule has 2 aromatic carbocycles. The predicted octanol–water partition coefficient (Wildman–Crippen LogP) is 3.81. The molecular formula is C16H10F3NO3. The highest BCUT2D eigenvalue weighted by molar-refractivity contribution is 5.91. The summed E-state index contributed by atoms with van der Waals surface area (Å²) in [5.41, 5.74) is 0.890. The van der Waals surface area contributed by atoms with Gasteiger partial charge < -0.3 is 4.74 Å². The maximum absolute atomic E-state index is 11.9. The Morgan fingerprint density at radius 2 is 1.65 bits per heavy atom. The lowest BCUT2D eigenvalue weighted by Crippen LogP contribution is -2.13. The number of carbonyl (C=O) groups excluding carboxylic acids is 1. The molecule has 118 valence electrons. The lowest BCUT2D eigenvalue weighted by atomic mass is 10.1. The zero-order chi connectivity index (χ0) is 16.9. The van der Waals surface area contributed by atoms with Gasteiger partial charge in [0.2, 0.25) is 0 Å². The normalized spacial score (nSPS) is 10.9. The third kappa shape index (κ3) is 5.13. The molecule has 0 aliphatic carbocycles. The van der Waals surface area contributed by atoms with E-state index in [9.17, 15) is 18.0 Å². The first-order valence-electron chi connectivity index (χ1n) is 6.39. The first-order chi connectivity index (χ1) is 10.9. The first-order valence-corrected chi connectivity index (χ1v) is 6.39. The summed E-state index contributed by atoms with van der Waals surface area (Å²) >= 11 is 0. The summed E-state index contributed by atoms with van der Waals surface area (Å²) in [6.07, 6.45) is -4.70. The van der Waals surface area contributed by atoms with Gasteiger partial charge in [-0.3, -0.25) is 4.74 Å². The van der Waals surface area contributed by atoms with Crippen molar-refractivity contribution in [1.29, 1.82) is 5.26 Å². The van der Waals surface area contributed by atoms with Crippen LogP contribution in [-0.2, 0) is 11.3 Å². The molecule has 0 unspecified atom stereocenters. The molecule has 0 amide bonds. The van der Waals surface area contributed by atoms with Crippen LogP contribution < -0.4 is 4.74 Å². The standard InChI is InChI=1S/C16H10F3NO3/c17-16(18,19)22-10-12-1-5-13(6-2-12)15(21)23-14-7-3-11(9-20)4-8-14/h1-8H,10H2. The van der Waals surface area contributed by atoms with Crippen molar-refractivity contribution < 1.29 is 27.4 Å². The van der Waals surface area contributed by atoms with Gasteiger partial charge in [0, 0.05) is 0 Å². The topological polar surface area (TPSA) is 59.3 Å². The molecule has 0 aliphatic heterocycles. The van der Waals surface area contributed by atoms with E-state index >= 15 is 0 Å². The lowest BCUT2D eigenvalue weighted by Gasteiger charge is -2.08. The fourth-order valence-electron chi connectivity index (χ4n) is 1.67. The number of esters is 1. The number of carbonyl (C=O) groups is 1. The van der Waals surface area contributed by atoms with Crippen LogP contribution >= 0.6 is 0 Å². The Kier molecular flexibility index (Phi) is 4.98. The van der Waals surface area contributed by atoms with Gasteiger partial charge >= 0.3 is 12.3 Å². The fraction of sp³-hybridized carbons (Fsp3) is 0.125. The monoisotopic (exact) mass is 321 g/mol. The lowest BCUT2D eigenvalue weighted by molar-refractivity contribution is -0.330. The van der Waals surface area contributed by atoms with Gasteiger partial charge in [0.15, 0.2) is 0 Å². The van der Waals surface area contributed by atoms with Crippen molar-refractivity contribution in [2.24, 2.45) is 0 Å². The number of alkyl halides is 3. The predicted molar refractivity (Wildman–Crippen MR) is 73.4 cm³/mol. The van der Waals surface area contributed by atoms with Gasteiger partial charge in [0.25, 0.3) is 0 Å². The second-order valence-electron chi connectivity index (χ2n) is 4.46. The Labute approximate surface area is 129 Å². The van der Waals surface area contributed by atoms with E-state index in [1.165, 1.54) is 48.5 Å². The van der Waals surface area contributed by atoms with E-state index in [0.29, 0.717) is 5.56 Å². The number of nitriles is 1. The molecule has 0 saturated heterocycles. The highest BCUT2D eigenvalue weighted by Gasteiger charge is 2.28. The molecule has 0 spiro atoms. The summed E-state index contributed by atoms with van der Waals surface area (Å²) in [4.78, 5) is 11.9. The highest BCUT2D eigenvalue weighted by Crippen LogP contribution is 2.19. The number of hydrogen-bond donors (Lipinski definition) is 0. The van der Waals surface area contributed by atoms with Crippen LogP contribution in [0.2, 0.25) is 0 Å². The van der Waals surface area contributed by atoms with Gasteiger partial charge in [-0.25, -0.2) is 4.79 Å². The van der Waals surface area contributed by atoms with Gasteiger partial charge in [-0.2, -0.15) is 5.26 Å². The number of benzene rings is 2. The average Bonchev–Trinajstić information content (AvgIpc) is 2.53. The van der Waals surface area contributed by atoms with Crippen molar-refractivity contribution in [1.82, 2.24) is 0 Å². The van der Waals surface area contributed by atoms with Crippen molar-refractivity contribution in [2.45, 2.75) is 13.0 Å². The van der Waals surface area contributed by atoms with Crippen LogP contribution in [0.3, 0.4) is 0 Å². The largest absolute Gasteiger partial charge is 0.522 e. The van der Waals surface area contributed by atoms with E-state index in [0.717, 1.165) is 0 Å². The van der Waals surface area contributed by atoms with Crippen LogP contribution in [0.25, 0.3) is 0 Å². The zero-order valence-electron chi connectivity index (χ0n) is 11.6. The first kappa shape index (κ1) is 16.5. The van der Waals surface area contributed by atoms with Gasteiger partial charge in [-0.05, 0) is 42.0 Å². The van der Waals surface area contributed by atoms with E-state index in [4.69, 9.17) is 10.00 Å². The average molecular weight is 321 g/mol. The molecule has 0 atom stereocenters. The second kappa shape index (κ2) is 6.94. The molecule has 2 aromatic rings. The van der Waals surface area contributed by atoms with Gasteiger partial charge in [-0.15, -0.1) is 13.2 Å². The quantitative estimate of drug-likeness (QED) is 0.634. The molecular weight excluding hydrogens is 311 g/mol. The molecule has 0 saturated carbocycles. The van der Waals surface area contributed by atoms with Gasteiger partial charge in [0.05, 0.1) is 23.8 Å². The number of ether oxygens (including phenoxy) is 2. The molecule has 23 heavy (non-hydrogen) atoms.